The van der Waals surface area contributed by atoms with Crippen molar-refractivity contribution in [3.8, 4) is 0 Å². The molecule has 1 fully saturated rings. The number of likely N-dealkylation sites (tertiary alicyclic amines) is 1. The summed E-state index contributed by atoms with van der Waals surface area (Å²) < 4.78 is 67.5. The number of hydrogen-bond donors (Lipinski definition) is 1. The number of nitrogens with one attached hydrogen (secondary N) is 1. The molecule has 33 heavy (non-hydrogen) atoms. The second kappa shape index (κ2) is 7.90. The van der Waals surface area contributed by atoms with Crippen molar-refractivity contribution in [2.75, 3.05) is 17.8 Å². The first-order valence-electron chi connectivity index (χ1n) is 9.81. The van der Waals surface area contributed by atoms with Gasteiger partial charge in [-0.2, -0.15) is 13.2 Å². The fourth-order valence-electron chi connectivity index (χ4n) is 4.36. The van der Waals surface area contributed by atoms with Gasteiger partial charge >= 0.3 is 6.18 Å². The predicted octanol–water partition coefficient (Wildman–Crippen LogP) is 0.364. The van der Waals surface area contributed by atoms with E-state index >= 15 is 0 Å². The zero-order valence-corrected chi connectivity index (χ0v) is 17.6. The molecular formula is C20H17F3N3O6S-. The van der Waals surface area contributed by atoms with Crippen molar-refractivity contribution in [2.24, 2.45) is 5.92 Å². The van der Waals surface area contributed by atoms with E-state index in [0.29, 0.717) is 18.2 Å². The zero-order valence-electron chi connectivity index (χ0n) is 16.8. The first kappa shape index (κ1) is 22.8. The van der Waals surface area contributed by atoms with Crippen molar-refractivity contribution in [1.82, 2.24) is 9.47 Å². The van der Waals surface area contributed by atoms with E-state index in [2.05, 4.69) is 4.72 Å². The molecule has 1 amide bonds. The second-order valence-corrected chi connectivity index (χ2v) is 9.70. The fraction of sp³-hybridized carbons (Fsp3) is 0.350. The van der Waals surface area contributed by atoms with E-state index < -0.39 is 44.1 Å². The van der Waals surface area contributed by atoms with E-state index in [1.807, 2.05) is 0 Å². The molecule has 1 aromatic heterocycles. The monoisotopic (exact) mass is 484 g/mol. The van der Waals surface area contributed by atoms with Crippen LogP contribution in [0.4, 0.5) is 18.9 Å². The van der Waals surface area contributed by atoms with Crippen molar-refractivity contribution >= 4 is 27.6 Å². The maximum atomic E-state index is 13.0. The van der Waals surface area contributed by atoms with Gasteiger partial charge in [-0.05, 0) is 42.7 Å². The van der Waals surface area contributed by atoms with Crippen LogP contribution in [0.15, 0.2) is 46.1 Å². The molecule has 1 saturated heterocycles. The third-order valence-electron chi connectivity index (χ3n) is 5.78. The fourth-order valence-corrected chi connectivity index (χ4v) is 5.46. The molecule has 176 valence electrons. The number of pyridine rings is 1. The molecule has 2 aliphatic rings. The SMILES string of the molecule is O=C([O-])C(=O)N1C[C@@H]2C[C@H](C1)c1ccc(NS(=O)(=O)c3cccc(C(F)(F)F)c3)c(=O)n1C2. The largest absolute Gasteiger partial charge is 0.540 e. The molecule has 0 aliphatic carbocycles. The number of benzene rings is 1. The van der Waals surface area contributed by atoms with Crippen LogP contribution in [0.5, 0.6) is 0 Å². The third-order valence-corrected chi connectivity index (χ3v) is 7.15. The number of fused-ring (bicyclic) bond motifs is 4. The maximum Gasteiger partial charge on any atom is 0.416 e. The molecule has 3 heterocycles. The summed E-state index contributed by atoms with van der Waals surface area (Å²) >= 11 is 0. The van der Waals surface area contributed by atoms with Gasteiger partial charge in [0.15, 0.2) is 0 Å². The molecule has 2 atom stereocenters. The number of aromatic nitrogens is 1. The van der Waals surface area contributed by atoms with Crippen molar-refractivity contribution in [3.63, 3.8) is 0 Å². The lowest BCUT2D eigenvalue weighted by Gasteiger charge is -2.42. The van der Waals surface area contributed by atoms with Crippen LogP contribution in [0.1, 0.15) is 23.6 Å². The van der Waals surface area contributed by atoms with Gasteiger partial charge in [0.05, 0.1) is 10.5 Å². The van der Waals surface area contributed by atoms with Crippen LogP contribution in [0, 0.1) is 5.92 Å². The lowest BCUT2D eigenvalue weighted by molar-refractivity contribution is -0.302. The molecule has 2 bridgehead atoms. The molecule has 2 aliphatic heterocycles. The van der Waals surface area contributed by atoms with Crippen molar-refractivity contribution in [1.29, 1.82) is 0 Å². The number of amides is 1. The first-order chi connectivity index (χ1) is 15.4. The number of rotatable bonds is 3. The average molecular weight is 484 g/mol. The number of carboxylic acids is 1. The summed E-state index contributed by atoms with van der Waals surface area (Å²) in [6.07, 6.45) is -4.12. The second-order valence-electron chi connectivity index (χ2n) is 8.01. The standard InChI is InChI=1S/C20H18F3N3O6S/c21-20(22,23)13-2-1-3-14(7-13)33(31,32)24-15-4-5-16-12-6-11(9-26(16)17(15)27)8-25(10-12)18(28)19(29)30/h1-5,7,11-12,24H,6,8-10H2,(H,29,30)/p-1/t11-,12+/m0/s1. The van der Waals surface area contributed by atoms with Gasteiger partial charge in [-0.25, -0.2) is 8.42 Å². The van der Waals surface area contributed by atoms with Crippen molar-refractivity contribution < 1.29 is 36.3 Å². The van der Waals surface area contributed by atoms with E-state index in [-0.39, 0.29) is 37.2 Å². The summed E-state index contributed by atoms with van der Waals surface area (Å²) in [4.78, 5) is 36.2. The lowest BCUT2D eigenvalue weighted by Crippen LogP contribution is -2.53. The van der Waals surface area contributed by atoms with Gasteiger partial charge in [-0.15, -0.1) is 0 Å². The molecule has 0 saturated carbocycles. The number of carbonyl (C=O) groups excluding carboxylic acids is 2. The predicted molar refractivity (Wildman–Crippen MR) is 105 cm³/mol. The van der Waals surface area contributed by atoms with E-state index in [9.17, 15) is 41.1 Å². The number of aliphatic carboxylic acids is 1. The number of carboxylic acid groups (broad SMARTS) is 1. The Morgan fingerprint density at radius 3 is 2.48 bits per heavy atom. The number of hydrogen-bond acceptors (Lipinski definition) is 6. The smallest absolute Gasteiger partial charge is 0.416 e. The Hall–Kier alpha value is -3.35. The van der Waals surface area contributed by atoms with Crippen LogP contribution in [0.2, 0.25) is 0 Å². The lowest BCUT2D eigenvalue weighted by atomic mass is 9.83. The molecule has 0 unspecified atom stereocenters. The Kier molecular flexibility index (Phi) is 5.47. The number of alkyl halides is 3. The number of carbonyl (C=O) groups is 2. The molecule has 9 nitrogen and oxygen atoms in total. The first-order valence-corrected chi connectivity index (χ1v) is 11.3. The molecule has 1 aromatic carbocycles. The normalized spacial score (nSPS) is 20.2. The maximum absolute atomic E-state index is 13.0. The molecule has 4 rings (SSSR count). The minimum Gasteiger partial charge on any atom is -0.540 e. The zero-order chi connectivity index (χ0) is 24.1. The van der Waals surface area contributed by atoms with Crippen LogP contribution in [0.3, 0.4) is 0 Å². The van der Waals surface area contributed by atoms with Crippen LogP contribution >= 0.6 is 0 Å². The highest BCUT2D eigenvalue weighted by Crippen LogP contribution is 2.36. The van der Waals surface area contributed by atoms with Crippen LogP contribution < -0.4 is 15.4 Å². The molecular weight excluding hydrogens is 467 g/mol. The molecule has 13 heteroatoms. The number of anilines is 1. The van der Waals surface area contributed by atoms with Crippen LogP contribution in [-0.4, -0.2) is 42.9 Å². The molecule has 2 aromatic rings. The highest BCUT2D eigenvalue weighted by atomic mass is 32.2. The summed E-state index contributed by atoms with van der Waals surface area (Å²) in [7, 11) is -4.48. The van der Waals surface area contributed by atoms with Gasteiger partial charge in [0, 0.05) is 31.2 Å². The summed E-state index contributed by atoms with van der Waals surface area (Å²) in [5.74, 6) is -3.51. The van der Waals surface area contributed by atoms with Crippen LogP contribution in [0.25, 0.3) is 0 Å². The van der Waals surface area contributed by atoms with E-state index in [1.165, 1.54) is 16.7 Å². The number of sulfonamides is 1. The summed E-state index contributed by atoms with van der Waals surface area (Å²) in [6, 6.07) is 5.85. The quantitative estimate of drug-likeness (QED) is 0.627. The summed E-state index contributed by atoms with van der Waals surface area (Å²) in [6.45, 7) is 0.300. The van der Waals surface area contributed by atoms with E-state index in [4.69, 9.17) is 0 Å². The van der Waals surface area contributed by atoms with Gasteiger partial charge in [0.2, 0.25) is 0 Å². The Bertz CT molecular complexity index is 1300. The van der Waals surface area contributed by atoms with E-state index in [1.54, 1.807) is 0 Å². The summed E-state index contributed by atoms with van der Waals surface area (Å²) in [5, 5.41) is 10.9. The minimum absolute atomic E-state index is 0.0675. The highest BCUT2D eigenvalue weighted by Gasteiger charge is 2.37. The number of piperidine rings is 1. The summed E-state index contributed by atoms with van der Waals surface area (Å²) in [5.41, 5.74) is -1.65. The van der Waals surface area contributed by atoms with Crippen molar-refractivity contribution in [3.05, 3.63) is 58.0 Å². The molecule has 0 spiro atoms. The van der Waals surface area contributed by atoms with Crippen molar-refractivity contribution in [2.45, 2.75) is 30.0 Å². The van der Waals surface area contributed by atoms with Gasteiger partial charge in [-0.1, -0.05) is 6.07 Å². The van der Waals surface area contributed by atoms with Gasteiger partial charge in [0.1, 0.15) is 11.7 Å². The third kappa shape index (κ3) is 4.32. The van der Waals surface area contributed by atoms with Crippen LogP contribution in [-0.2, 0) is 32.3 Å². The Morgan fingerprint density at radius 1 is 1.09 bits per heavy atom. The average Bonchev–Trinajstić information content (AvgIpc) is 2.74. The molecule has 0 radical (unpaired) electrons. The highest BCUT2D eigenvalue weighted by molar-refractivity contribution is 7.92. The van der Waals surface area contributed by atoms with Gasteiger partial charge in [0.25, 0.3) is 21.5 Å². The number of nitrogens with zero attached hydrogens (tertiary/aromatic N) is 2. The number of halogens is 3. The topological polar surface area (TPSA) is 129 Å². The van der Waals surface area contributed by atoms with Gasteiger partial charge in [-0.3, -0.25) is 14.3 Å². The Morgan fingerprint density at radius 2 is 1.82 bits per heavy atom. The Balaban J connectivity index is 1.63. The molecule has 1 N–H and O–H groups in total. The van der Waals surface area contributed by atoms with Gasteiger partial charge < -0.3 is 19.4 Å². The van der Waals surface area contributed by atoms with E-state index in [0.717, 1.165) is 23.1 Å². The minimum atomic E-state index is -4.74. The Labute approximate surface area is 185 Å².